The molecule has 1 unspecified atom stereocenters. The van der Waals surface area contributed by atoms with Crippen LogP contribution in [0.15, 0.2) is 49.2 Å². The summed E-state index contributed by atoms with van der Waals surface area (Å²) in [5, 5.41) is 15.6. The largest absolute Gasteiger partial charge is 0.439 e. The molecule has 1 aromatic carbocycles. The van der Waals surface area contributed by atoms with Gasteiger partial charge in [0.1, 0.15) is 24.0 Å². The molecule has 1 N–H and O–H groups in total. The van der Waals surface area contributed by atoms with E-state index in [-0.39, 0.29) is 12.4 Å². The Morgan fingerprint density at radius 2 is 2.00 bits per heavy atom. The number of halogens is 3. The van der Waals surface area contributed by atoms with E-state index in [0.29, 0.717) is 12.2 Å². The van der Waals surface area contributed by atoms with Crippen LogP contribution in [0.2, 0.25) is 0 Å². The van der Waals surface area contributed by atoms with Crippen molar-refractivity contribution < 1.29 is 23.0 Å². The number of benzene rings is 1. The van der Waals surface area contributed by atoms with Gasteiger partial charge in [0.25, 0.3) is 0 Å². The predicted octanol–water partition coefficient (Wildman–Crippen LogP) is 3.95. The molecule has 2 aromatic heterocycles. The molecule has 3 aromatic rings. The van der Waals surface area contributed by atoms with E-state index < -0.39 is 22.8 Å². The molecule has 0 spiro atoms. The Labute approximate surface area is 165 Å². The molecule has 0 bridgehead atoms. The van der Waals surface area contributed by atoms with Crippen LogP contribution in [0.4, 0.5) is 13.2 Å². The first-order valence-corrected chi connectivity index (χ1v) is 8.98. The second kappa shape index (κ2) is 6.55. The summed E-state index contributed by atoms with van der Waals surface area (Å²) in [5.74, 6) is 0.505. The van der Waals surface area contributed by atoms with Crippen molar-refractivity contribution in [2.75, 3.05) is 0 Å². The summed E-state index contributed by atoms with van der Waals surface area (Å²) in [4.78, 5) is 7.66. The second-order valence-corrected chi connectivity index (χ2v) is 7.82. The van der Waals surface area contributed by atoms with Crippen LogP contribution in [-0.4, -0.2) is 24.9 Å². The van der Waals surface area contributed by atoms with Crippen molar-refractivity contribution in [2.45, 2.75) is 38.6 Å². The Bertz CT molecular complexity index is 1020. The topological polar surface area (TPSA) is 73.1 Å². The van der Waals surface area contributed by atoms with Crippen LogP contribution in [0.5, 0.6) is 11.6 Å². The third kappa shape index (κ3) is 3.46. The molecule has 6 nitrogen and oxygen atoms in total. The van der Waals surface area contributed by atoms with E-state index in [2.05, 4.69) is 15.1 Å². The lowest BCUT2D eigenvalue weighted by Gasteiger charge is -2.37. The molecular weight excluding hydrogens is 385 g/mol. The Hall–Kier alpha value is -2.94. The van der Waals surface area contributed by atoms with E-state index in [4.69, 9.17) is 4.74 Å². The van der Waals surface area contributed by atoms with Crippen LogP contribution in [0.3, 0.4) is 0 Å². The van der Waals surface area contributed by atoms with Gasteiger partial charge >= 0.3 is 6.18 Å². The fourth-order valence-electron chi connectivity index (χ4n) is 3.75. The molecule has 1 aliphatic rings. The third-order valence-corrected chi connectivity index (χ3v) is 5.42. The zero-order valence-corrected chi connectivity index (χ0v) is 15.8. The molecule has 0 fully saturated rings. The van der Waals surface area contributed by atoms with E-state index in [1.165, 1.54) is 12.4 Å². The maximum Gasteiger partial charge on any atom is 0.417 e. The van der Waals surface area contributed by atoms with Gasteiger partial charge in [-0.2, -0.15) is 18.3 Å². The number of aliphatic hydroxyl groups is 1. The minimum atomic E-state index is -4.45. The van der Waals surface area contributed by atoms with Crippen LogP contribution in [0.25, 0.3) is 0 Å². The van der Waals surface area contributed by atoms with Gasteiger partial charge in [0.05, 0.1) is 12.1 Å². The molecule has 0 aliphatic heterocycles. The summed E-state index contributed by atoms with van der Waals surface area (Å²) >= 11 is 0. The van der Waals surface area contributed by atoms with E-state index in [1.807, 2.05) is 13.8 Å². The van der Waals surface area contributed by atoms with Crippen molar-refractivity contribution in [1.82, 2.24) is 19.7 Å². The highest BCUT2D eigenvalue weighted by atomic mass is 19.4. The number of aromatic nitrogens is 4. The number of rotatable bonds is 4. The van der Waals surface area contributed by atoms with Crippen molar-refractivity contribution in [1.29, 1.82) is 0 Å². The number of hydrogen-bond donors (Lipinski definition) is 1. The van der Waals surface area contributed by atoms with Gasteiger partial charge in [-0.1, -0.05) is 19.9 Å². The number of hydrogen-bond acceptors (Lipinski definition) is 5. The smallest absolute Gasteiger partial charge is 0.417 e. The molecule has 0 saturated carbocycles. The van der Waals surface area contributed by atoms with Gasteiger partial charge < -0.3 is 9.84 Å². The summed E-state index contributed by atoms with van der Waals surface area (Å²) in [6.07, 6.45) is -0.132. The molecule has 152 valence electrons. The van der Waals surface area contributed by atoms with Crippen molar-refractivity contribution >= 4 is 0 Å². The lowest BCUT2D eigenvalue weighted by atomic mass is 9.75. The highest BCUT2D eigenvalue weighted by molar-refractivity contribution is 5.46. The molecule has 0 saturated heterocycles. The summed E-state index contributed by atoms with van der Waals surface area (Å²) < 4.78 is 45.2. The number of nitrogens with zero attached hydrogens (tertiary/aromatic N) is 4. The highest BCUT2D eigenvalue weighted by Crippen LogP contribution is 2.51. The zero-order chi connectivity index (χ0) is 20.9. The number of fused-ring (bicyclic) bond motifs is 1. The molecule has 2 heterocycles. The lowest BCUT2D eigenvalue weighted by molar-refractivity contribution is -0.137. The normalized spacial score (nSPS) is 20.5. The molecular formula is C20H19F3N4O2. The van der Waals surface area contributed by atoms with Crippen LogP contribution in [-0.2, 0) is 24.7 Å². The van der Waals surface area contributed by atoms with Gasteiger partial charge in [0, 0.05) is 17.7 Å². The van der Waals surface area contributed by atoms with Gasteiger partial charge in [-0.15, -0.1) is 0 Å². The highest BCUT2D eigenvalue weighted by Gasteiger charge is 2.51. The Morgan fingerprint density at radius 1 is 1.21 bits per heavy atom. The predicted molar refractivity (Wildman–Crippen MR) is 97.2 cm³/mol. The van der Waals surface area contributed by atoms with Gasteiger partial charge in [-0.3, -0.25) is 0 Å². The summed E-state index contributed by atoms with van der Waals surface area (Å²) in [7, 11) is 0. The van der Waals surface area contributed by atoms with Gasteiger partial charge in [0.2, 0.25) is 5.88 Å². The van der Waals surface area contributed by atoms with E-state index in [1.54, 1.807) is 29.2 Å². The van der Waals surface area contributed by atoms with E-state index in [9.17, 15) is 18.3 Å². The summed E-state index contributed by atoms with van der Waals surface area (Å²) in [5.41, 5.74) is -0.778. The first-order chi connectivity index (χ1) is 13.6. The molecule has 0 amide bonds. The standard InChI is InChI=1S/C20H19F3N4O2/c1-18(2)8-13-7-15(29-17-6-3-14(9-25-17)20(21,22)23)4-5-16(13)19(18,28)10-27-12-24-11-26-27/h3-7,9,11-12,28H,8,10H2,1-2H3. The minimum Gasteiger partial charge on any atom is -0.439 e. The zero-order valence-electron chi connectivity index (χ0n) is 15.8. The lowest BCUT2D eigenvalue weighted by Crippen LogP contribution is -2.42. The van der Waals surface area contributed by atoms with E-state index in [0.717, 1.165) is 23.4 Å². The third-order valence-electron chi connectivity index (χ3n) is 5.42. The fourth-order valence-corrected chi connectivity index (χ4v) is 3.75. The second-order valence-electron chi connectivity index (χ2n) is 7.82. The number of pyridine rings is 1. The quantitative estimate of drug-likeness (QED) is 0.713. The monoisotopic (exact) mass is 404 g/mol. The Morgan fingerprint density at radius 3 is 2.62 bits per heavy atom. The fraction of sp³-hybridized carbons (Fsp3) is 0.350. The molecule has 9 heteroatoms. The van der Waals surface area contributed by atoms with E-state index >= 15 is 0 Å². The molecule has 1 aliphatic carbocycles. The maximum atomic E-state index is 12.7. The van der Waals surface area contributed by atoms with Crippen LogP contribution in [0.1, 0.15) is 30.5 Å². The molecule has 1 atom stereocenters. The van der Waals surface area contributed by atoms with Gasteiger partial charge in [0.15, 0.2) is 0 Å². The van der Waals surface area contributed by atoms with Gasteiger partial charge in [-0.05, 0) is 35.7 Å². The minimum absolute atomic E-state index is 0.0630. The van der Waals surface area contributed by atoms with Gasteiger partial charge in [-0.25, -0.2) is 14.6 Å². The summed E-state index contributed by atoms with van der Waals surface area (Å²) in [6, 6.07) is 7.35. The number of ether oxygens (including phenoxy) is 1. The van der Waals surface area contributed by atoms with Crippen molar-refractivity contribution in [3.05, 3.63) is 65.9 Å². The first-order valence-electron chi connectivity index (χ1n) is 8.98. The average Bonchev–Trinajstić information content (AvgIpc) is 3.19. The summed E-state index contributed by atoms with van der Waals surface area (Å²) in [6.45, 7) is 4.21. The Balaban J connectivity index is 1.60. The molecule has 29 heavy (non-hydrogen) atoms. The SMILES string of the molecule is CC1(C)Cc2cc(Oc3ccc(C(F)(F)F)cn3)ccc2C1(O)Cn1cncn1. The van der Waals surface area contributed by atoms with Crippen LogP contribution >= 0.6 is 0 Å². The van der Waals surface area contributed by atoms with Crippen molar-refractivity contribution in [3.63, 3.8) is 0 Å². The average molecular weight is 404 g/mol. The van der Waals surface area contributed by atoms with Crippen molar-refractivity contribution in [2.24, 2.45) is 5.41 Å². The van der Waals surface area contributed by atoms with Crippen LogP contribution < -0.4 is 4.74 Å². The Kier molecular flexibility index (Phi) is 4.38. The van der Waals surface area contributed by atoms with Crippen molar-refractivity contribution in [3.8, 4) is 11.6 Å². The first kappa shape index (κ1) is 19.4. The molecule has 4 rings (SSSR count). The maximum absolute atomic E-state index is 12.7. The molecule has 0 radical (unpaired) electrons. The van der Waals surface area contributed by atoms with Crippen LogP contribution in [0, 0.1) is 5.41 Å². The number of alkyl halides is 3.